The predicted octanol–water partition coefficient (Wildman–Crippen LogP) is 1.94. The quantitative estimate of drug-likeness (QED) is 0.648. The van der Waals surface area contributed by atoms with E-state index in [0.717, 1.165) is 18.4 Å². The molecule has 0 aliphatic carbocycles. The number of hydrogen-bond donors (Lipinski definition) is 3. The summed E-state index contributed by atoms with van der Waals surface area (Å²) in [4.78, 5) is 38.7. The number of carbonyl (C=O) groups excluding carboxylic acids is 2. The zero-order valence-corrected chi connectivity index (χ0v) is 16.6. The fraction of sp³-hybridized carbons (Fsp3) is 0.526. The second kappa shape index (κ2) is 9.01. The number of nitrogens with one attached hydrogen (secondary N) is 1. The summed E-state index contributed by atoms with van der Waals surface area (Å²) < 4.78 is 0. The molecule has 1 aromatic carbocycles. The monoisotopic (exact) mass is 408 g/mol. The average molecular weight is 409 g/mol. The number of rotatable bonds is 5. The van der Waals surface area contributed by atoms with Crippen LogP contribution in [0.2, 0.25) is 0 Å². The van der Waals surface area contributed by atoms with E-state index >= 15 is 0 Å². The van der Waals surface area contributed by atoms with Gasteiger partial charge in [-0.05, 0) is 43.4 Å². The number of thioether (sulfide) groups is 1. The summed E-state index contributed by atoms with van der Waals surface area (Å²) in [7, 11) is 0. The van der Waals surface area contributed by atoms with E-state index in [1.807, 2.05) is 30.3 Å². The van der Waals surface area contributed by atoms with Crippen molar-refractivity contribution in [3.8, 4) is 0 Å². The fourth-order valence-corrected chi connectivity index (χ4v) is 5.30. The summed E-state index contributed by atoms with van der Waals surface area (Å²) in [6.07, 6.45) is 3.02. The van der Waals surface area contributed by atoms with Crippen LogP contribution in [0.4, 0.5) is 0 Å². The van der Waals surface area contributed by atoms with E-state index in [2.05, 4.69) is 17.9 Å². The van der Waals surface area contributed by atoms with Crippen LogP contribution in [-0.2, 0) is 20.8 Å². The molecule has 0 bridgehead atoms. The summed E-state index contributed by atoms with van der Waals surface area (Å²) >= 11 is 6.01. The van der Waals surface area contributed by atoms with Crippen LogP contribution < -0.4 is 5.32 Å². The van der Waals surface area contributed by atoms with E-state index in [1.54, 1.807) is 11.8 Å². The minimum absolute atomic E-state index is 0.120. The third kappa shape index (κ3) is 4.79. The van der Waals surface area contributed by atoms with E-state index in [9.17, 15) is 19.5 Å². The molecule has 146 valence electrons. The number of thiol groups is 1. The Morgan fingerprint density at radius 1 is 1.26 bits per heavy atom. The van der Waals surface area contributed by atoms with Crippen molar-refractivity contribution in [1.29, 1.82) is 0 Å². The molecule has 2 heterocycles. The molecule has 6 nitrogen and oxygen atoms in total. The first kappa shape index (κ1) is 20.1. The number of hydrogen-bond acceptors (Lipinski definition) is 5. The zero-order valence-electron chi connectivity index (χ0n) is 14.9. The number of piperidine rings is 1. The summed E-state index contributed by atoms with van der Waals surface area (Å²) in [5.41, 5.74) is 0.998. The highest BCUT2D eigenvalue weighted by Gasteiger charge is 2.43. The lowest BCUT2D eigenvalue weighted by Gasteiger charge is -2.39. The molecule has 2 amide bonds. The van der Waals surface area contributed by atoms with Gasteiger partial charge in [-0.15, -0.1) is 11.8 Å². The molecule has 0 spiro atoms. The van der Waals surface area contributed by atoms with Gasteiger partial charge in [0.05, 0.1) is 10.6 Å². The molecular weight excluding hydrogens is 384 g/mol. The maximum Gasteiger partial charge on any atom is 0.326 e. The van der Waals surface area contributed by atoms with Gasteiger partial charge in [0.25, 0.3) is 0 Å². The van der Waals surface area contributed by atoms with Crippen molar-refractivity contribution >= 4 is 42.2 Å². The molecule has 0 radical (unpaired) electrons. The summed E-state index contributed by atoms with van der Waals surface area (Å²) in [5.74, 6) is -0.851. The van der Waals surface area contributed by atoms with Gasteiger partial charge in [-0.25, -0.2) is 4.79 Å². The van der Waals surface area contributed by atoms with Gasteiger partial charge >= 0.3 is 5.97 Å². The van der Waals surface area contributed by atoms with Crippen LogP contribution in [0.5, 0.6) is 0 Å². The maximum atomic E-state index is 13.0. The number of aliphatic carboxylic acids is 1. The van der Waals surface area contributed by atoms with E-state index < -0.39 is 23.3 Å². The number of carboxylic acids is 1. The smallest absolute Gasteiger partial charge is 0.326 e. The molecule has 8 heteroatoms. The van der Waals surface area contributed by atoms with E-state index in [0.29, 0.717) is 25.0 Å². The third-order valence-electron chi connectivity index (χ3n) is 5.02. The van der Waals surface area contributed by atoms with Crippen molar-refractivity contribution in [2.45, 2.75) is 54.8 Å². The Kier molecular flexibility index (Phi) is 6.70. The number of nitrogens with zero attached hydrogens (tertiary/aromatic N) is 1. The predicted molar refractivity (Wildman–Crippen MR) is 108 cm³/mol. The first-order valence-electron chi connectivity index (χ1n) is 9.16. The molecule has 0 saturated carbocycles. The van der Waals surface area contributed by atoms with Crippen molar-refractivity contribution in [2.24, 2.45) is 0 Å². The van der Waals surface area contributed by atoms with Crippen molar-refractivity contribution in [3.63, 3.8) is 0 Å². The van der Waals surface area contributed by atoms with E-state index in [4.69, 9.17) is 0 Å². The third-order valence-corrected chi connectivity index (χ3v) is 6.76. The van der Waals surface area contributed by atoms with Gasteiger partial charge in [-0.1, -0.05) is 30.3 Å². The van der Waals surface area contributed by atoms with Crippen molar-refractivity contribution in [1.82, 2.24) is 10.2 Å². The molecule has 3 rings (SSSR count). The van der Waals surface area contributed by atoms with Crippen molar-refractivity contribution < 1.29 is 19.5 Å². The van der Waals surface area contributed by atoms with Crippen LogP contribution in [-0.4, -0.2) is 56.3 Å². The van der Waals surface area contributed by atoms with Crippen molar-refractivity contribution in [2.75, 3.05) is 5.75 Å². The SMILES string of the molecule is O=C(O)C1CCC[C@@H]2SCC[C@H](NC(=O)[C@@H](S)Cc3ccccc3)C(=O)N12. The molecule has 0 aromatic heterocycles. The molecule has 27 heavy (non-hydrogen) atoms. The highest BCUT2D eigenvalue weighted by atomic mass is 32.2. The molecule has 2 N–H and O–H groups in total. The molecule has 4 atom stereocenters. The van der Waals surface area contributed by atoms with Gasteiger partial charge < -0.3 is 15.3 Å². The number of carbonyl (C=O) groups is 3. The summed E-state index contributed by atoms with van der Waals surface area (Å²) in [6.45, 7) is 0. The number of carboxylic acid groups (broad SMARTS) is 1. The standard InChI is InChI=1S/C19H24N2O4S2/c22-17(15(26)11-12-5-2-1-3-6-12)20-13-9-10-27-16-8-4-7-14(19(24)25)21(16)18(13)23/h1-3,5-6,13-16,26H,4,7-11H2,(H,20,22)(H,24,25)/t13-,14?,15-,16-/m0/s1. The normalized spacial score (nSPS) is 26.6. The minimum Gasteiger partial charge on any atom is -0.480 e. The lowest BCUT2D eigenvalue weighted by Crippen LogP contribution is -2.57. The maximum absolute atomic E-state index is 13.0. The fourth-order valence-electron chi connectivity index (χ4n) is 3.62. The van der Waals surface area contributed by atoms with Crippen LogP contribution in [0.1, 0.15) is 31.2 Å². The first-order valence-corrected chi connectivity index (χ1v) is 10.7. The molecule has 1 unspecified atom stereocenters. The molecule has 2 aliphatic heterocycles. The van der Waals surface area contributed by atoms with Gasteiger partial charge in [-0.3, -0.25) is 9.59 Å². The van der Waals surface area contributed by atoms with E-state index in [1.165, 1.54) is 4.90 Å². The molecule has 2 fully saturated rings. The van der Waals surface area contributed by atoms with Crippen LogP contribution in [0, 0.1) is 0 Å². The average Bonchev–Trinajstić information content (AvgIpc) is 2.81. The Hall–Kier alpha value is -1.67. The van der Waals surface area contributed by atoms with Crippen LogP contribution in [0.15, 0.2) is 30.3 Å². The highest BCUT2D eigenvalue weighted by Crippen LogP contribution is 2.34. The number of amides is 2. The Morgan fingerprint density at radius 2 is 2.00 bits per heavy atom. The Morgan fingerprint density at radius 3 is 2.70 bits per heavy atom. The molecule has 2 aliphatic rings. The first-order chi connectivity index (χ1) is 13.0. The lowest BCUT2D eigenvalue weighted by atomic mass is 10.00. The Labute approximate surface area is 168 Å². The van der Waals surface area contributed by atoms with Crippen LogP contribution in [0.25, 0.3) is 0 Å². The van der Waals surface area contributed by atoms with Crippen molar-refractivity contribution in [3.05, 3.63) is 35.9 Å². The summed E-state index contributed by atoms with van der Waals surface area (Å²) in [6, 6.07) is 8.08. The largest absolute Gasteiger partial charge is 0.480 e. The summed E-state index contributed by atoms with van der Waals surface area (Å²) in [5, 5.41) is 11.6. The second-order valence-electron chi connectivity index (χ2n) is 6.91. The molecular formula is C19H24N2O4S2. The van der Waals surface area contributed by atoms with Gasteiger partial charge in [0.2, 0.25) is 11.8 Å². The van der Waals surface area contributed by atoms with Crippen LogP contribution in [0.3, 0.4) is 0 Å². The molecule has 1 aromatic rings. The van der Waals surface area contributed by atoms with E-state index in [-0.39, 0.29) is 17.2 Å². The zero-order chi connectivity index (χ0) is 19.4. The lowest BCUT2D eigenvalue weighted by molar-refractivity contribution is -0.154. The van der Waals surface area contributed by atoms with Gasteiger partial charge in [0.1, 0.15) is 12.1 Å². The van der Waals surface area contributed by atoms with Gasteiger partial charge in [-0.2, -0.15) is 12.6 Å². The second-order valence-corrected chi connectivity index (χ2v) is 8.82. The number of fused-ring (bicyclic) bond motifs is 1. The van der Waals surface area contributed by atoms with Gasteiger partial charge in [0.15, 0.2) is 0 Å². The Balaban J connectivity index is 1.67. The van der Waals surface area contributed by atoms with Gasteiger partial charge in [0, 0.05) is 0 Å². The molecule has 2 saturated heterocycles. The number of benzene rings is 1. The highest BCUT2D eigenvalue weighted by molar-refractivity contribution is 7.99. The minimum atomic E-state index is -0.975. The topological polar surface area (TPSA) is 86.7 Å². The Bertz CT molecular complexity index is 700. The van der Waals surface area contributed by atoms with Crippen LogP contribution >= 0.6 is 24.4 Å².